The summed E-state index contributed by atoms with van der Waals surface area (Å²) in [7, 11) is 0. The van der Waals surface area contributed by atoms with Crippen LogP contribution in [0.15, 0.2) is 30.3 Å². The number of aromatic nitrogens is 2. The predicted molar refractivity (Wildman–Crippen MR) is 80.8 cm³/mol. The van der Waals surface area contributed by atoms with Gasteiger partial charge in [-0.15, -0.1) is 0 Å². The van der Waals surface area contributed by atoms with Crippen molar-refractivity contribution in [3.05, 3.63) is 52.0 Å². The number of hydrogen-bond donors (Lipinski definition) is 1. The molecule has 1 N–H and O–H groups in total. The Bertz CT molecular complexity index is 733. The van der Waals surface area contributed by atoms with E-state index in [2.05, 4.69) is 35.9 Å². The van der Waals surface area contributed by atoms with Crippen LogP contribution in [0.5, 0.6) is 0 Å². The number of nitrogens with zero attached hydrogens (tertiary/aromatic N) is 1. The molecule has 0 aliphatic carbocycles. The van der Waals surface area contributed by atoms with Gasteiger partial charge in [0.2, 0.25) is 0 Å². The first kappa shape index (κ1) is 12.2. The number of nitrogens with one attached hydrogen (secondary N) is 1. The van der Waals surface area contributed by atoms with Crippen LogP contribution in [0, 0.1) is 20.8 Å². The average molecular weight is 271 g/mol. The number of fused-ring (bicyclic) bond motifs is 1. The lowest BCUT2D eigenvalue weighted by atomic mass is 10.1. The van der Waals surface area contributed by atoms with Gasteiger partial charge in [0.15, 0.2) is 0 Å². The zero-order valence-corrected chi connectivity index (χ0v) is 12.0. The molecule has 0 atom stereocenters. The number of hydrogen-bond acceptors (Lipinski definition) is 1. The number of imidazole rings is 1. The fourth-order valence-corrected chi connectivity index (χ4v) is 2.52. The van der Waals surface area contributed by atoms with Crippen LogP contribution < -0.4 is 0 Å². The van der Waals surface area contributed by atoms with E-state index in [-0.39, 0.29) is 0 Å². The molecule has 0 bridgehead atoms. The molecule has 0 radical (unpaired) electrons. The first-order valence-corrected chi connectivity index (χ1v) is 6.66. The molecule has 0 fully saturated rings. The van der Waals surface area contributed by atoms with E-state index in [0.29, 0.717) is 0 Å². The van der Waals surface area contributed by atoms with Crippen molar-refractivity contribution in [2.24, 2.45) is 0 Å². The summed E-state index contributed by atoms with van der Waals surface area (Å²) in [6.45, 7) is 6.27. The zero-order chi connectivity index (χ0) is 13.6. The van der Waals surface area contributed by atoms with Crippen LogP contribution in [0.2, 0.25) is 5.02 Å². The van der Waals surface area contributed by atoms with Crippen LogP contribution in [0.25, 0.3) is 22.4 Å². The second-order valence-electron chi connectivity index (χ2n) is 5.00. The summed E-state index contributed by atoms with van der Waals surface area (Å²) in [4.78, 5) is 8.06. The standard InChI is InChI=1S/C16H15ClN2/c1-9-7-14-15(8-10(9)2)19-16(18-14)13-5-4-12(17)6-11(13)3/h4-8H,1-3H3,(H,18,19). The summed E-state index contributed by atoms with van der Waals surface area (Å²) in [6, 6.07) is 10.1. The minimum atomic E-state index is 0.754. The van der Waals surface area contributed by atoms with Crippen molar-refractivity contribution in [3.63, 3.8) is 0 Å². The van der Waals surface area contributed by atoms with Gasteiger partial charge in [0.25, 0.3) is 0 Å². The third-order valence-corrected chi connectivity index (χ3v) is 3.78. The molecule has 19 heavy (non-hydrogen) atoms. The molecular weight excluding hydrogens is 256 g/mol. The molecule has 3 heteroatoms. The van der Waals surface area contributed by atoms with Gasteiger partial charge in [-0.25, -0.2) is 4.98 Å². The van der Waals surface area contributed by atoms with Gasteiger partial charge < -0.3 is 4.98 Å². The Morgan fingerprint density at radius 3 is 2.42 bits per heavy atom. The molecule has 0 amide bonds. The average Bonchev–Trinajstić information content (AvgIpc) is 2.72. The van der Waals surface area contributed by atoms with Crippen LogP contribution in [-0.4, -0.2) is 9.97 Å². The van der Waals surface area contributed by atoms with Crippen LogP contribution in [0.1, 0.15) is 16.7 Å². The SMILES string of the molecule is Cc1cc2nc(-c3ccc(Cl)cc3C)[nH]c2cc1C. The number of H-pyrrole nitrogens is 1. The fourth-order valence-electron chi connectivity index (χ4n) is 2.29. The highest BCUT2D eigenvalue weighted by Gasteiger charge is 2.09. The first-order valence-electron chi connectivity index (χ1n) is 6.28. The Hall–Kier alpha value is -1.80. The minimum absolute atomic E-state index is 0.754. The zero-order valence-electron chi connectivity index (χ0n) is 11.2. The molecule has 2 aromatic carbocycles. The van der Waals surface area contributed by atoms with Gasteiger partial charge in [-0.3, -0.25) is 0 Å². The van der Waals surface area contributed by atoms with Gasteiger partial charge in [0.1, 0.15) is 5.82 Å². The Kier molecular flexibility index (Phi) is 2.83. The predicted octanol–water partition coefficient (Wildman–Crippen LogP) is 4.81. The second-order valence-corrected chi connectivity index (χ2v) is 5.43. The maximum atomic E-state index is 5.99. The van der Waals surface area contributed by atoms with E-state index in [1.165, 1.54) is 11.1 Å². The molecule has 0 saturated heterocycles. The van der Waals surface area contributed by atoms with Crippen molar-refractivity contribution in [1.29, 1.82) is 0 Å². The van der Waals surface area contributed by atoms with Crippen molar-refractivity contribution in [1.82, 2.24) is 9.97 Å². The number of aryl methyl sites for hydroxylation is 3. The molecule has 0 spiro atoms. The van der Waals surface area contributed by atoms with Crippen LogP contribution in [0.3, 0.4) is 0 Å². The highest BCUT2D eigenvalue weighted by atomic mass is 35.5. The lowest BCUT2D eigenvalue weighted by Gasteiger charge is -2.02. The quantitative estimate of drug-likeness (QED) is 0.675. The van der Waals surface area contributed by atoms with E-state index in [1.54, 1.807) is 0 Å². The molecule has 96 valence electrons. The molecule has 3 aromatic rings. The van der Waals surface area contributed by atoms with Crippen molar-refractivity contribution >= 4 is 22.6 Å². The third kappa shape index (κ3) is 2.13. The topological polar surface area (TPSA) is 28.7 Å². The largest absolute Gasteiger partial charge is 0.338 e. The van der Waals surface area contributed by atoms with Gasteiger partial charge in [-0.1, -0.05) is 11.6 Å². The van der Waals surface area contributed by atoms with Crippen molar-refractivity contribution in [2.75, 3.05) is 0 Å². The third-order valence-electron chi connectivity index (χ3n) is 3.54. The van der Waals surface area contributed by atoms with E-state index < -0.39 is 0 Å². The Morgan fingerprint density at radius 2 is 1.68 bits per heavy atom. The number of halogens is 1. The van der Waals surface area contributed by atoms with Gasteiger partial charge in [0.05, 0.1) is 11.0 Å². The van der Waals surface area contributed by atoms with Crippen LogP contribution in [-0.2, 0) is 0 Å². The van der Waals surface area contributed by atoms with Crippen LogP contribution >= 0.6 is 11.6 Å². The molecule has 2 nitrogen and oxygen atoms in total. The summed E-state index contributed by atoms with van der Waals surface area (Å²) >= 11 is 5.99. The van der Waals surface area contributed by atoms with Crippen molar-refractivity contribution in [3.8, 4) is 11.4 Å². The maximum absolute atomic E-state index is 5.99. The normalized spacial score (nSPS) is 11.2. The molecule has 0 unspecified atom stereocenters. The molecule has 0 aliphatic heterocycles. The molecule has 0 saturated carbocycles. The van der Waals surface area contributed by atoms with Gasteiger partial charge >= 0.3 is 0 Å². The Morgan fingerprint density at radius 1 is 0.947 bits per heavy atom. The highest BCUT2D eigenvalue weighted by Crippen LogP contribution is 2.26. The maximum Gasteiger partial charge on any atom is 0.138 e. The second kappa shape index (κ2) is 4.39. The molecule has 1 heterocycles. The summed E-state index contributed by atoms with van der Waals surface area (Å²) in [5.41, 5.74) is 6.84. The monoisotopic (exact) mass is 270 g/mol. The number of aromatic amines is 1. The molecular formula is C16H15ClN2. The summed E-state index contributed by atoms with van der Waals surface area (Å²) < 4.78 is 0. The minimum Gasteiger partial charge on any atom is -0.338 e. The van der Waals surface area contributed by atoms with Gasteiger partial charge in [0, 0.05) is 10.6 Å². The lowest BCUT2D eigenvalue weighted by Crippen LogP contribution is -1.84. The summed E-state index contributed by atoms with van der Waals surface area (Å²) in [5.74, 6) is 0.897. The summed E-state index contributed by atoms with van der Waals surface area (Å²) in [5, 5.41) is 0.754. The highest BCUT2D eigenvalue weighted by molar-refractivity contribution is 6.30. The van der Waals surface area contributed by atoms with Gasteiger partial charge in [-0.2, -0.15) is 0 Å². The van der Waals surface area contributed by atoms with E-state index in [0.717, 1.165) is 33.0 Å². The van der Waals surface area contributed by atoms with Gasteiger partial charge in [-0.05, 0) is 67.8 Å². The summed E-state index contributed by atoms with van der Waals surface area (Å²) in [6.07, 6.45) is 0. The smallest absolute Gasteiger partial charge is 0.138 e. The van der Waals surface area contributed by atoms with E-state index >= 15 is 0 Å². The number of benzene rings is 2. The fraction of sp³-hybridized carbons (Fsp3) is 0.188. The molecule has 1 aromatic heterocycles. The van der Waals surface area contributed by atoms with E-state index in [1.807, 2.05) is 25.1 Å². The molecule has 0 aliphatic rings. The van der Waals surface area contributed by atoms with E-state index in [4.69, 9.17) is 11.6 Å². The van der Waals surface area contributed by atoms with Crippen molar-refractivity contribution in [2.45, 2.75) is 20.8 Å². The first-order chi connectivity index (χ1) is 9.04. The number of rotatable bonds is 1. The Labute approximate surface area is 117 Å². The Balaban J connectivity index is 2.20. The van der Waals surface area contributed by atoms with Crippen LogP contribution in [0.4, 0.5) is 0 Å². The van der Waals surface area contributed by atoms with Crippen molar-refractivity contribution < 1.29 is 0 Å². The molecule has 3 rings (SSSR count). The lowest BCUT2D eigenvalue weighted by molar-refractivity contribution is 1.31. The van der Waals surface area contributed by atoms with E-state index in [9.17, 15) is 0 Å².